The SMILES string of the molecule is O=Cc1ccc(-c2c3nc(c(-c4c(F)c(F)c(F)c(F)c4F)c4ccc([nH]4)c(-c4c(F)c(F)c(F)c(F)c4F)c4nc(c(-c5ccc(C=O)[nH]5)c5nc(c(-c6c(F)c(F)c(F)c(F)c6F)c6ccc([nH]6)c(-c6c(F)c(F)c(F)c(F)c6F)c6nc2C=C6)C=C5)C=C4)C=C3)[nH]1. The number of aromatic nitrogens is 8. The van der Waals surface area contributed by atoms with Crippen molar-refractivity contribution >= 4 is 83.2 Å². The Labute approximate surface area is 508 Å². The van der Waals surface area contributed by atoms with E-state index in [4.69, 9.17) is 0 Å². The van der Waals surface area contributed by atoms with Crippen LogP contribution in [0.5, 0.6) is 0 Å². The summed E-state index contributed by atoms with van der Waals surface area (Å²) in [5.74, 6) is -51.5. The molecule has 9 aromatic rings. The van der Waals surface area contributed by atoms with Crippen molar-refractivity contribution in [2.24, 2.45) is 0 Å². The Bertz CT molecular complexity index is 4740. The molecule has 13 rings (SSSR count). The van der Waals surface area contributed by atoms with E-state index in [1.807, 2.05) is 0 Å². The van der Waals surface area contributed by atoms with Gasteiger partial charge in [0.25, 0.3) is 0 Å². The van der Waals surface area contributed by atoms with Crippen molar-refractivity contribution in [2.75, 3.05) is 0 Å². The molecule has 0 unspecified atom stereocenters. The standard InChI is InChI=1S/C64H22F20N8O2/c65-45-41(46(66)54(74)61(81)53(45)73)37-27-9-5-23(87-27)35(21-3-1-19(17-93)85-21)24-6-10-28(88-24)38(42-47(67)55(75)62(82)56(76)48(42)68)32-14-16-34(92-32)40(44-51(71)59(79)64(84)60(80)52(44)72)30-12-8-26(90-30)36(22-4-2-20(18-94)86-22)25-7-11-29(89-25)39(33-15-13-31(37)91-33)43-49(69)57(77)63(83)58(78)50(43)70/h1-18,85-86,91-92H. The number of H-pyrrole nitrogens is 4. The summed E-state index contributed by atoms with van der Waals surface area (Å²) in [5.41, 5.74) is -21.9. The zero-order valence-electron chi connectivity index (χ0n) is 45.6. The maximum absolute atomic E-state index is 16.4. The number of nitrogens with one attached hydrogen (secondary N) is 4. The van der Waals surface area contributed by atoms with Crippen LogP contribution < -0.4 is 0 Å². The first-order chi connectivity index (χ1) is 44.8. The monoisotopic (exact) mass is 1310 g/mol. The molecule has 9 heterocycles. The maximum atomic E-state index is 16.4. The highest BCUT2D eigenvalue weighted by molar-refractivity contribution is 6.01. The van der Waals surface area contributed by atoms with Crippen LogP contribution in [0.1, 0.15) is 66.5 Å². The molecule has 0 fully saturated rings. The van der Waals surface area contributed by atoms with E-state index in [9.17, 15) is 27.2 Å². The average molecular weight is 1310 g/mol. The summed E-state index contributed by atoms with van der Waals surface area (Å²) in [5, 5.41) is 0. The van der Waals surface area contributed by atoms with E-state index in [2.05, 4.69) is 39.9 Å². The van der Waals surface area contributed by atoms with Crippen molar-refractivity contribution < 1.29 is 97.4 Å². The molecule has 4 aromatic carbocycles. The molecule has 0 atom stereocenters. The molecule has 94 heavy (non-hydrogen) atoms. The van der Waals surface area contributed by atoms with Gasteiger partial charge in [-0.05, 0) is 97.1 Å². The van der Waals surface area contributed by atoms with Gasteiger partial charge in [-0.15, -0.1) is 0 Å². The molecule has 4 aliphatic rings. The zero-order valence-corrected chi connectivity index (χ0v) is 45.6. The molecule has 0 amide bonds. The lowest BCUT2D eigenvalue weighted by Gasteiger charge is -2.11. The molecule has 30 heteroatoms. The van der Waals surface area contributed by atoms with E-state index in [1.54, 1.807) is 0 Å². The van der Waals surface area contributed by atoms with E-state index >= 15 is 70.2 Å². The number of halogens is 20. The van der Waals surface area contributed by atoms with E-state index in [0.717, 1.165) is 97.1 Å². The zero-order chi connectivity index (χ0) is 66.9. The summed E-state index contributed by atoms with van der Waals surface area (Å²) >= 11 is 0. The second-order valence-electron chi connectivity index (χ2n) is 20.4. The van der Waals surface area contributed by atoms with Gasteiger partial charge in [0.15, 0.2) is 106 Å². The molecule has 0 aliphatic carbocycles. The fourth-order valence-electron chi connectivity index (χ4n) is 10.9. The Morgan fingerprint density at radius 2 is 0.394 bits per heavy atom. The summed E-state index contributed by atoms with van der Waals surface area (Å²) < 4.78 is 315. The van der Waals surface area contributed by atoms with E-state index in [1.165, 1.54) is 0 Å². The Hall–Kier alpha value is -11.7. The van der Waals surface area contributed by atoms with Gasteiger partial charge in [0.2, 0.25) is 23.3 Å². The van der Waals surface area contributed by atoms with Crippen LogP contribution in [-0.4, -0.2) is 52.4 Å². The third kappa shape index (κ3) is 9.35. The fourth-order valence-corrected chi connectivity index (χ4v) is 10.9. The largest absolute Gasteiger partial charge is 0.354 e. The predicted molar refractivity (Wildman–Crippen MR) is 299 cm³/mol. The summed E-state index contributed by atoms with van der Waals surface area (Å²) in [6, 6.07) is 7.66. The van der Waals surface area contributed by atoms with Crippen molar-refractivity contribution in [1.29, 1.82) is 0 Å². The number of nitrogens with zero attached hydrogens (tertiary/aromatic N) is 4. The number of rotatable bonds is 8. The van der Waals surface area contributed by atoms with Crippen LogP contribution in [-0.2, 0) is 0 Å². The van der Waals surface area contributed by atoms with Crippen LogP contribution >= 0.6 is 0 Å². The molecule has 0 saturated heterocycles. The van der Waals surface area contributed by atoms with E-state index in [0.29, 0.717) is 0 Å². The van der Waals surface area contributed by atoms with Crippen molar-refractivity contribution in [3.63, 3.8) is 0 Å². The predicted octanol–water partition coefficient (Wildman–Crippen LogP) is 17.7. The minimum absolute atomic E-state index is 0.226. The Balaban J connectivity index is 1.29. The second-order valence-corrected chi connectivity index (χ2v) is 20.4. The Kier molecular flexibility index (Phi) is 14.7. The van der Waals surface area contributed by atoms with Gasteiger partial charge < -0.3 is 19.9 Å². The third-order valence-corrected chi connectivity index (χ3v) is 15.1. The number of hydrogen-bond donors (Lipinski definition) is 4. The summed E-state index contributed by atoms with van der Waals surface area (Å²) in [4.78, 5) is 52.0. The van der Waals surface area contributed by atoms with Crippen molar-refractivity contribution in [1.82, 2.24) is 39.9 Å². The van der Waals surface area contributed by atoms with Crippen LogP contribution in [0.15, 0.2) is 48.5 Å². The van der Waals surface area contributed by atoms with Crippen LogP contribution in [0.25, 0.3) is 138 Å². The number of aldehydes is 2. The highest BCUT2D eigenvalue weighted by Crippen LogP contribution is 2.45. The molecular formula is C64H22F20N8O2. The number of carbonyl (C=O) groups excluding carboxylic acids is 2. The van der Waals surface area contributed by atoms with Gasteiger partial charge >= 0.3 is 0 Å². The highest BCUT2D eigenvalue weighted by atomic mass is 19.2. The van der Waals surface area contributed by atoms with Crippen LogP contribution in [0, 0.1) is 116 Å². The van der Waals surface area contributed by atoms with Gasteiger partial charge in [0, 0.05) is 55.4 Å². The van der Waals surface area contributed by atoms with Crippen molar-refractivity contribution in [3.05, 3.63) is 222 Å². The van der Waals surface area contributed by atoms with E-state index in [-0.39, 0.29) is 35.3 Å². The molecule has 4 aliphatic heterocycles. The number of benzene rings is 4. The molecular weight excluding hydrogens is 1290 g/mol. The van der Waals surface area contributed by atoms with Gasteiger partial charge in [0.1, 0.15) is 0 Å². The van der Waals surface area contributed by atoms with Gasteiger partial charge in [-0.25, -0.2) is 108 Å². The van der Waals surface area contributed by atoms with Gasteiger partial charge in [0.05, 0.1) is 90.6 Å². The van der Waals surface area contributed by atoms with Gasteiger partial charge in [-0.1, -0.05) is 0 Å². The third-order valence-electron chi connectivity index (χ3n) is 15.1. The summed E-state index contributed by atoms with van der Waals surface area (Å²) in [7, 11) is 0. The fraction of sp³-hybridized carbons (Fsp3) is 0. The molecule has 0 saturated carbocycles. The molecule has 0 spiro atoms. The number of hydrogen-bond acceptors (Lipinski definition) is 6. The molecule has 5 aromatic heterocycles. The maximum Gasteiger partial charge on any atom is 0.200 e. The summed E-state index contributed by atoms with van der Waals surface area (Å²) in [6.45, 7) is 0. The molecule has 0 radical (unpaired) electrons. The van der Waals surface area contributed by atoms with Crippen LogP contribution in [0.3, 0.4) is 0 Å². The number of fused-ring (bicyclic) bond motifs is 12. The van der Waals surface area contributed by atoms with E-state index < -0.39 is 240 Å². The molecule has 4 N–H and O–H groups in total. The smallest absolute Gasteiger partial charge is 0.200 e. The Morgan fingerprint density at radius 1 is 0.213 bits per heavy atom. The first kappa shape index (κ1) is 61.2. The van der Waals surface area contributed by atoms with Gasteiger partial charge in [-0.2, -0.15) is 0 Å². The minimum atomic E-state index is -2.68. The van der Waals surface area contributed by atoms with Gasteiger partial charge in [-0.3, -0.25) is 9.59 Å². The molecule has 12 bridgehead atoms. The first-order valence-electron chi connectivity index (χ1n) is 26.4. The molecule has 470 valence electrons. The highest BCUT2D eigenvalue weighted by Gasteiger charge is 2.36. The van der Waals surface area contributed by atoms with Crippen molar-refractivity contribution in [3.8, 4) is 67.0 Å². The quantitative estimate of drug-likeness (QED) is 0.0515. The molecule has 10 nitrogen and oxygen atoms in total. The number of aromatic amines is 4. The van der Waals surface area contributed by atoms with Crippen LogP contribution in [0.4, 0.5) is 87.8 Å². The lowest BCUT2D eigenvalue weighted by molar-refractivity contribution is 0.111. The lowest BCUT2D eigenvalue weighted by Crippen LogP contribution is -2.05. The summed E-state index contributed by atoms with van der Waals surface area (Å²) in [6.07, 6.45) is 7.88. The van der Waals surface area contributed by atoms with Crippen LogP contribution in [0.2, 0.25) is 0 Å². The Morgan fingerprint density at radius 3 is 0.574 bits per heavy atom. The average Bonchev–Trinajstić information content (AvgIpc) is 1.61. The normalized spacial score (nSPS) is 12.4. The topological polar surface area (TPSA) is 149 Å². The minimum Gasteiger partial charge on any atom is -0.354 e. The first-order valence-corrected chi connectivity index (χ1v) is 26.4. The lowest BCUT2D eigenvalue weighted by atomic mass is 10.0. The second kappa shape index (κ2) is 22.6. The van der Waals surface area contributed by atoms with Crippen molar-refractivity contribution in [2.45, 2.75) is 0 Å². The number of carbonyl (C=O) groups is 2.